The van der Waals surface area contributed by atoms with Gasteiger partial charge in [-0.15, -0.1) is 0 Å². The Labute approximate surface area is 532 Å². The summed E-state index contributed by atoms with van der Waals surface area (Å²) in [6.45, 7) is -0.603. The molecule has 0 atom stereocenters. The molecule has 92 heavy (non-hydrogen) atoms. The van der Waals surface area contributed by atoms with E-state index in [9.17, 15) is 0 Å². The molecule has 6 aliphatic heterocycles. The molecular weight excluding hydrogens is 1150 g/mol. The van der Waals surface area contributed by atoms with E-state index < -0.39 is 0 Å². The molecule has 0 saturated carbocycles. The van der Waals surface area contributed by atoms with Crippen LogP contribution >= 0.6 is 11.9 Å². The zero-order chi connectivity index (χ0) is 59.8. The Balaban J connectivity index is 0.777. The number of nitrogens with one attached hydrogen (secondary N) is 1. The number of nitrogens with zero attached hydrogens (tertiary/aromatic N) is 4. The van der Waals surface area contributed by atoms with Gasteiger partial charge < -0.3 is 38.0 Å². The van der Waals surface area contributed by atoms with Crippen molar-refractivity contribution >= 4 is 169 Å². The van der Waals surface area contributed by atoms with Gasteiger partial charge in [0.05, 0.1) is 55.8 Å². The molecule has 0 aliphatic carbocycles. The van der Waals surface area contributed by atoms with Crippen molar-refractivity contribution in [2.75, 3.05) is 15.9 Å². The second-order valence-electron chi connectivity index (χ2n) is 25.1. The van der Waals surface area contributed by atoms with Crippen molar-refractivity contribution in [1.29, 1.82) is 0 Å². The minimum atomic E-state index is -0.257. The SMILES string of the molecule is CSN1c2cc3c(cc2B2c4cc5c(cc4Oc4cc(-n6c7ccccc7c7ccccc76)cc1c42)Oc1cc(-n2c4ccccc4c4ccccc42)cc2c1B5c1ccccc1O2)B1c2ccccc2Oc2cc(-n4c5ccccc5c5ccccc54)cc(c21)N3. The molecule has 0 fully saturated rings. The van der Waals surface area contributed by atoms with Gasteiger partial charge in [-0.05, 0) is 122 Å². The zero-order valence-electron chi connectivity index (χ0n) is 49.3. The molecule has 0 saturated heterocycles. The number of hydrogen-bond acceptors (Lipinski definition) is 7. The lowest BCUT2D eigenvalue weighted by Gasteiger charge is -2.42. The predicted molar refractivity (Wildman–Crippen MR) is 381 cm³/mol. The summed E-state index contributed by atoms with van der Waals surface area (Å²) in [5.41, 5.74) is 24.1. The van der Waals surface area contributed by atoms with Gasteiger partial charge in [-0.3, -0.25) is 4.31 Å². The first kappa shape index (κ1) is 49.5. The fourth-order valence-electron chi connectivity index (χ4n) is 16.9. The molecule has 16 aromatic rings. The summed E-state index contributed by atoms with van der Waals surface area (Å²) in [6.07, 6.45) is 2.19. The minimum Gasteiger partial charge on any atom is -0.458 e. The van der Waals surface area contributed by atoms with Crippen LogP contribution in [0, 0.1) is 0 Å². The molecule has 1 N–H and O–H groups in total. The maximum absolute atomic E-state index is 7.58. The van der Waals surface area contributed by atoms with Crippen LogP contribution in [0.2, 0.25) is 0 Å². The van der Waals surface area contributed by atoms with Crippen molar-refractivity contribution in [3.63, 3.8) is 0 Å². The van der Waals surface area contributed by atoms with Crippen LogP contribution in [0.15, 0.2) is 255 Å². The van der Waals surface area contributed by atoms with E-state index in [1.165, 1.54) is 43.2 Å². The summed E-state index contributed by atoms with van der Waals surface area (Å²) in [6, 6.07) is 92.5. The van der Waals surface area contributed by atoms with Crippen molar-refractivity contribution in [2.24, 2.45) is 0 Å². The molecule has 0 spiro atoms. The Morgan fingerprint density at radius 2 is 0.652 bits per heavy atom. The molecule has 9 nitrogen and oxygen atoms in total. The van der Waals surface area contributed by atoms with Crippen LogP contribution < -0.4 is 77.7 Å². The first-order valence-electron chi connectivity index (χ1n) is 31.4. The van der Waals surface area contributed by atoms with Crippen LogP contribution in [0.3, 0.4) is 0 Å². The highest BCUT2D eigenvalue weighted by Crippen LogP contribution is 2.47. The summed E-state index contributed by atoms with van der Waals surface area (Å²) in [5.74, 6) is 6.40. The molecule has 9 heterocycles. The topological polar surface area (TPSA) is 67.0 Å². The number of para-hydroxylation sites is 8. The van der Waals surface area contributed by atoms with E-state index >= 15 is 0 Å². The van der Waals surface area contributed by atoms with Gasteiger partial charge >= 0.3 is 0 Å². The van der Waals surface area contributed by atoms with Gasteiger partial charge in [0, 0.05) is 91.4 Å². The minimum absolute atomic E-state index is 0.141. The van der Waals surface area contributed by atoms with E-state index in [2.05, 4.69) is 284 Å². The number of anilines is 4. The van der Waals surface area contributed by atoms with E-state index in [4.69, 9.17) is 18.9 Å². The average molecular weight is 1190 g/mol. The first-order valence-corrected chi connectivity index (χ1v) is 32.6. The molecular formula is C79H46B3N5O4S. The predicted octanol–water partition coefficient (Wildman–Crippen LogP) is 13.7. The Morgan fingerprint density at radius 1 is 0.283 bits per heavy atom. The Hall–Kier alpha value is -11.4. The molecule has 0 radical (unpaired) electrons. The fraction of sp³-hybridized carbons (Fsp3) is 0.0127. The summed E-state index contributed by atoms with van der Waals surface area (Å²) < 4.78 is 38.7. The molecule has 6 aliphatic rings. The van der Waals surface area contributed by atoms with Gasteiger partial charge in [0.2, 0.25) is 0 Å². The number of aromatic nitrogens is 3. The third-order valence-corrected chi connectivity index (χ3v) is 21.3. The largest absolute Gasteiger partial charge is 0.458 e. The molecule has 13 heteroatoms. The van der Waals surface area contributed by atoms with E-state index in [1.54, 1.807) is 11.9 Å². The van der Waals surface area contributed by atoms with Gasteiger partial charge in [-0.25, -0.2) is 0 Å². The van der Waals surface area contributed by atoms with Crippen LogP contribution in [0.5, 0.6) is 46.0 Å². The Morgan fingerprint density at radius 3 is 1.13 bits per heavy atom. The highest BCUT2D eigenvalue weighted by atomic mass is 32.2. The highest BCUT2D eigenvalue weighted by Gasteiger charge is 2.48. The lowest BCUT2D eigenvalue weighted by molar-refractivity contribution is 0.456. The summed E-state index contributed by atoms with van der Waals surface area (Å²) >= 11 is 1.72. The van der Waals surface area contributed by atoms with Crippen LogP contribution in [0.1, 0.15) is 0 Å². The first-order chi connectivity index (χ1) is 45.6. The van der Waals surface area contributed by atoms with E-state index in [1.807, 2.05) is 0 Å². The molecule has 0 amide bonds. The van der Waals surface area contributed by atoms with Crippen LogP contribution in [-0.2, 0) is 0 Å². The van der Waals surface area contributed by atoms with E-state index in [0.29, 0.717) is 0 Å². The van der Waals surface area contributed by atoms with Crippen LogP contribution in [-0.4, -0.2) is 40.1 Å². The monoisotopic (exact) mass is 1190 g/mol. The lowest BCUT2D eigenvalue weighted by atomic mass is 9.30. The molecule has 13 aromatic carbocycles. The number of rotatable bonds is 4. The molecule has 0 bridgehead atoms. The van der Waals surface area contributed by atoms with E-state index in [-0.39, 0.29) is 20.1 Å². The van der Waals surface area contributed by atoms with E-state index in [0.717, 1.165) is 157 Å². The number of ether oxygens (including phenoxy) is 4. The molecule has 3 aromatic heterocycles. The van der Waals surface area contributed by atoms with Gasteiger partial charge in [-0.1, -0.05) is 158 Å². The van der Waals surface area contributed by atoms with Crippen LogP contribution in [0.25, 0.3) is 82.5 Å². The Bertz CT molecular complexity index is 5910. The Kier molecular flexibility index (Phi) is 9.65. The van der Waals surface area contributed by atoms with Gasteiger partial charge in [0.25, 0.3) is 20.1 Å². The standard InChI is InChI=1S/C79H46B3N5O4S/c1-92-87-67-42-59-55(80-53-24-8-16-32-69(53)88-73-36-44(34-60(83-59)77(73)80)84-61-26-10-2-18-47(61)48-19-3-11-27-62(48)84)40-56(67)82-58-41-57-71(43-72(58)90-74-37-45(35-68(87)78(74)82)85-63-28-12-4-20-49(63)50-21-5-13-29-64(50)85)91-76-39-46(38-75-79(76)81(57)54-25-9-17-33-70(54)89-75)86-65-30-14-6-22-51(65)52-23-7-15-31-66(52)86/h2-43,83H,1H3. The fourth-order valence-corrected chi connectivity index (χ4v) is 17.6. The van der Waals surface area contributed by atoms with Gasteiger partial charge in [0.15, 0.2) is 0 Å². The average Bonchev–Trinajstić information content (AvgIpc) is 0.884. The smallest absolute Gasteiger partial charge is 0.260 e. The summed E-state index contributed by atoms with van der Waals surface area (Å²) in [4.78, 5) is 0. The van der Waals surface area contributed by atoms with Crippen molar-refractivity contribution in [3.8, 4) is 63.1 Å². The molecule has 426 valence electrons. The van der Waals surface area contributed by atoms with Crippen molar-refractivity contribution < 1.29 is 18.9 Å². The quantitative estimate of drug-likeness (QED) is 0.139. The summed E-state index contributed by atoms with van der Waals surface area (Å²) in [5, 5.41) is 11.3. The maximum atomic E-state index is 7.58. The van der Waals surface area contributed by atoms with Gasteiger partial charge in [0.1, 0.15) is 46.0 Å². The summed E-state index contributed by atoms with van der Waals surface area (Å²) in [7, 11) is 0. The normalized spacial score (nSPS) is 13.9. The second kappa shape index (κ2) is 17.9. The second-order valence-corrected chi connectivity index (χ2v) is 25.8. The van der Waals surface area contributed by atoms with Crippen molar-refractivity contribution in [3.05, 3.63) is 255 Å². The third kappa shape index (κ3) is 6.46. The lowest BCUT2D eigenvalue weighted by Crippen LogP contribution is -2.64. The maximum Gasteiger partial charge on any atom is 0.260 e. The zero-order valence-corrected chi connectivity index (χ0v) is 50.1. The number of benzene rings is 13. The molecule has 22 rings (SSSR count). The number of fused-ring (bicyclic) bond motifs is 21. The third-order valence-electron chi connectivity index (χ3n) is 20.5. The van der Waals surface area contributed by atoms with Crippen molar-refractivity contribution in [2.45, 2.75) is 0 Å². The highest BCUT2D eigenvalue weighted by molar-refractivity contribution is 8.00. The molecule has 0 unspecified atom stereocenters. The van der Waals surface area contributed by atoms with Crippen LogP contribution in [0.4, 0.5) is 22.7 Å². The van der Waals surface area contributed by atoms with Crippen molar-refractivity contribution in [1.82, 2.24) is 13.7 Å². The number of hydrogen-bond donors (Lipinski definition) is 1. The van der Waals surface area contributed by atoms with Gasteiger partial charge in [-0.2, -0.15) is 0 Å².